The third-order valence-corrected chi connectivity index (χ3v) is 15.5. The first-order valence-electron chi connectivity index (χ1n) is 25.1. The second kappa shape index (κ2) is 16.1. The van der Waals surface area contributed by atoms with Crippen LogP contribution in [0.3, 0.4) is 0 Å². The van der Waals surface area contributed by atoms with Crippen molar-refractivity contribution in [3.63, 3.8) is 0 Å². The van der Waals surface area contributed by atoms with Crippen LogP contribution in [0, 0.1) is 0 Å². The van der Waals surface area contributed by atoms with Gasteiger partial charge in [0, 0.05) is 0 Å². The topological polar surface area (TPSA) is 0 Å². The molecule has 0 radical (unpaired) electrons. The van der Waals surface area contributed by atoms with Crippen molar-refractivity contribution in [1.29, 1.82) is 0 Å². The first-order chi connectivity index (χ1) is 35.8. The van der Waals surface area contributed by atoms with Gasteiger partial charge in [-0.15, -0.1) is 0 Å². The summed E-state index contributed by atoms with van der Waals surface area (Å²) in [6.45, 7) is 0. The molecule has 0 aromatic heterocycles. The van der Waals surface area contributed by atoms with E-state index in [1.54, 1.807) is 0 Å². The number of rotatable bonds is 7. The Morgan fingerprint density at radius 3 is 0.792 bits per heavy atom. The molecular formula is C72H44. The van der Waals surface area contributed by atoms with Crippen molar-refractivity contribution in [2.75, 3.05) is 0 Å². The monoisotopic (exact) mass is 908 g/mol. The SMILES string of the molecule is c1ccc(-c2ccccc2-c2c3c(c(-c4ccccc4)c4ccccc24)-c2ccc4c5c(ccc-3c25)-c2c-4c(-c3ccccc3)c3c(-c4ccccc4)ccc(-c4ccccc4)c3c2-c2ccccc2)cc1. The second-order valence-corrected chi connectivity index (χ2v) is 19.3. The van der Waals surface area contributed by atoms with E-state index in [0.717, 1.165) is 0 Å². The summed E-state index contributed by atoms with van der Waals surface area (Å²) in [6.07, 6.45) is 0. The molecule has 0 N–H and O–H groups in total. The predicted molar refractivity (Wildman–Crippen MR) is 306 cm³/mol. The third-order valence-electron chi connectivity index (χ3n) is 15.5. The van der Waals surface area contributed by atoms with Gasteiger partial charge in [0.1, 0.15) is 0 Å². The molecule has 0 fully saturated rings. The van der Waals surface area contributed by atoms with Crippen LogP contribution < -0.4 is 0 Å². The molecule has 332 valence electrons. The van der Waals surface area contributed by atoms with Crippen molar-refractivity contribution in [1.82, 2.24) is 0 Å². The van der Waals surface area contributed by atoms with Crippen LogP contribution in [0.5, 0.6) is 0 Å². The summed E-state index contributed by atoms with van der Waals surface area (Å²) >= 11 is 0. The Balaban J connectivity index is 1.14. The predicted octanol–water partition coefficient (Wildman–Crippen LogP) is 20.1. The van der Waals surface area contributed by atoms with Crippen LogP contribution in [0.15, 0.2) is 267 Å². The average Bonchev–Trinajstić information content (AvgIpc) is 3.97. The van der Waals surface area contributed by atoms with E-state index in [9.17, 15) is 0 Å². The summed E-state index contributed by atoms with van der Waals surface area (Å²) < 4.78 is 0. The van der Waals surface area contributed by atoms with Crippen molar-refractivity contribution in [2.24, 2.45) is 0 Å². The number of fused-ring (bicyclic) bond motifs is 8. The van der Waals surface area contributed by atoms with Gasteiger partial charge >= 0.3 is 0 Å². The summed E-state index contributed by atoms with van der Waals surface area (Å²) in [5, 5.41) is 7.71. The molecule has 2 aliphatic carbocycles. The standard InChI is InChI=1S/C72H44/c1-7-23-45(24-8-1)51-35-19-20-36-54(51)64-56-38-22-21-37-55(56)61(48-29-13-4-14-30-48)69-57-41-42-58-66-59(43-44-60(65(57)66)72(64)69)71-63(50-33-17-6-18-34-50)68-53(47-27-11-3-12-28-47)40-39-52(46-25-9-2-10-26-46)67(68)62(70(58)71)49-31-15-5-16-32-49/h1-44H. The Bertz CT molecular complexity index is 4170. The van der Waals surface area contributed by atoms with E-state index < -0.39 is 0 Å². The van der Waals surface area contributed by atoms with Gasteiger partial charge in [0.25, 0.3) is 0 Å². The highest BCUT2D eigenvalue weighted by Gasteiger charge is 2.38. The van der Waals surface area contributed by atoms with E-state index in [2.05, 4.69) is 267 Å². The first-order valence-corrected chi connectivity index (χ1v) is 25.1. The van der Waals surface area contributed by atoms with Crippen LogP contribution in [0.2, 0.25) is 0 Å². The highest BCUT2D eigenvalue weighted by Crippen LogP contribution is 2.65. The first kappa shape index (κ1) is 40.5. The van der Waals surface area contributed by atoms with Crippen molar-refractivity contribution >= 4 is 32.3 Å². The normalized spacial score (nSPS) is 11.9. The zero-order chi connectivity index (χ0) is 47.3. The van der Waals surface area contributed by atoms with Gasteiger partial charge in [-0.25, -0.2) is 0 Å². The maximum absolute atomic E-state index is 2.48. The van der Waals surface area contributed by atoms with Crippen LogP contribution in [0.4, 0.5) is 0 Å². The van der Waals surface area contributed by atoms with Crippen LogP contribution in [-0.4, -0.2) is 0 Å². The minimum absolute atomic E-state index is 1.20. The molecule has 15 rings (SSSR count). The number of benzene rings is 13. The van der Waals surface area contributed by atoms with E-state index in [1.165, 1.54) is 155 Å². The molecule has 13 aromatic rings. The molecule has 0 heteroatoms. The van der Waals surface area contributed by atoms with Gasteiger partial charge in [0.05, 0.1) is 0 Å². The van der Waals surface area contributed by atoms with Gasteiger partial charge in [-0.3, -0.25) is 0 Å². The highest BCUT2D eigenvalue weighted by atomic mass is 14.4. The van der Waals surface area contributed by atoms with Gasteiger partial charge in [0.15, 0.2) is 0 Å². The van der Waals surface area contributed by atoms with E-state index in [0.29, 0.717) is 0 Å². The number of hydrogen-bond donors (Lipinski definition) is 0. The Kier molecular flexibility index (Phi) is 9.06. The van der Waals surface area contributed by atoms with Crippen molar-refractivity contribution in [3.05, 3.63) is 267 Å². The summed E-state index contributed by atoms with van der Waals surface area (Å²) in [5.41, 5.74) is 27.7. The smallest absolute Gasteiger partial charge is 0.000717 e. The second-order valence-electron chi connectivity index (χ2n) is 19.3. The lowest BCUT2D eigenvalue weighted by molar-refractivity contribution is 1.59. The Morgan fingerprint density at radius 1 is 0.125 bits per heavy atom. The average molecular weight is 909 g/mol. The lowest BCUT2D eigenvalue weighted by Crippen LogP contribution is -1.97. The third kappa shape index (κ3) is 5.87. The van der Waals surface area contributed by atoms with Gasteiger partial charge < -0.3 is 0 Å². The molecule has 0 nitrogen and oxygen atoms in total. The van der Waals surface area contributed by atoms with Gasteiger partial charge in [-0.2, -0.15) is 0 Å². The molecule has 0 atom stereocenters. The molecule has 0 spiro atoms. The quantitative estimate of drug-likeness (QED) is 0.149. The van der Waals surface area contributed by atoms with E-state index >= 15 is 0 Å². The molecule has 72 heavy (non-hydrogen) atoms. The van der Waals surface area contributed by atoms with Crippen LogP contribution in [-0.2, 0) is 0 Å². The molecule has 0 saturated carbocycles. The van der Waals surface area contributed by atoms with E-state index in [4.69, 9.17) is 0 Å². The molecule has 2 aliphatic rings. The molecular weight excluding hydrogens is 865 g/mol. The largest absolute Gasteiger partial charge is 0.0622 e. The minimum Gasteiger partial charge on any atom is -0.0622 e. The summed E-state index contributed by atoms with van der Waals surface area (Å²) in [7, 11) is 0. The van der Waals surface area contributed by atoms with Gasteiger partial charge in [-0.05, 0) is 155 Å². The van der Waals surface area contributed by atoms with Crippen molar-refractivity contribution in [2.45, 2.75) is 0 Å². The van der Waals surface area contributed by atoms with Gasteiger partial charge in [0.2, 0.25) is 0 Å². The minimum atomic E-state index is 1.20. The molecule has 0 unspecified atom stereocenters. The van der Waals surface area contributed by atoms with Crippen LogP contribution >= 0.6 is 0 Å². The Labute approximate surface area is 419 Å². The molecule has 0 bridgehead atoms. The zero-order valence-corrected chi connectivity index (χ0v) is 39.4. The lowest BCUT2D eigenvalue weighted by atomic mass is 9.78. The molecule has 13 aromatic carbocycles. The van der Waals surface area contributed by atoms with Crippen molar-refractivity contribution in [3.8, 4) is 122 Å². The fourth-order valence-electron chi connectivity index (χ4n) is 12.7. The maximum Gasteiger partial charge on any atom is -0.000717 e. The summed E-state index contributed by atoms with van der Waals surface area (Å²) in [5.74, 6) is 0. The van der Waals surface area contributed by atoms with Gasteiger partial charge in [-0.1, -0.05) is 267 Å². The molecule has 0 heterocycles. The van der Waals surface area contributed by atoms with Crippen LogP contribution in [0.1, 0.15) is 0 Å². The van der Waals surface area contributed by atoms with Crippen LogP contribution in [0.25, 0.3) is 155 Å². The Morgan fingerprint density at radius 2 is 0.389 bits per heavy atom. The van der Waals surface area contributed by atoms with Crippen molar-refractivity contribution < 1.29 is 0 Å². The molecule has 0 aliphatic heterocycles. The summed E-state index contributed by atoms with van der Waals surface area (Å²) in [6, 6.07) is 99.3. The lowest BCUT2D eigenvalue weighted by Gasteiger charge is -2.25. The maximum atomic E-state index is 2.48. The highest BCUT2D eigenvalue weighted by molar-refractivity contribution is 6.37. The Hall–Kier alpha value is -9.36. The summed E-state index contributed by atoms with van der Waals surface area (Å²) in [4.78, 5) is 0. The fourth-order valence-corrected chi connectivity index (χ4v) is 12.7. The van der Waals surface area contributed by atoms with E-state index in [1.807, 2.05) is 0 Å². The number of hydrogen-bond acceptors (Lipinski definition) is 0. The van der Waals surface area contributed by atoms with E-state index in [-0.39, 0.29) is 0 Å². The zero-order valence-electron chi connectivity index (χ0n) is 39.4. The molecule has 0 saturated heterocycles. The fraction of sp³-hybridized carbons (Fsp3) is 0. The molecule has 0 amide bonds.